The van der Waals surface area contributed by atoms with Gasteiger partial charge in [-0.05, 0) is 62.8 Å². The molecule has 3 amide bonds. The van der Waals surface area contributed by atoms with Crippen LogP contribution in [0.15, 0.2) is 24.5 Å². The molecule has 1 fully saturated rings. The number of hydrogen-bond donors (Lipinski definition) is 3. The van der Waals surface area contributed by atoms with Crippen molar-refractivity contribution in [3.8, 4) is 0 Å². The fraction of sp³-hybridized carbons (Fsp3) is 0.522. The Morgan fingerprint density at radius 1 is 1.34 bits per heavy atom. The van der Waals surface area contributed by atoms with Crippen LogP contribution in [0, 0.1) is 11.8 Å². The molecular weight excluding hydrogens is 424 g/mol. The van der Waals surface area contributed by atoms with Gasteiger partial charge in [-0.25, -0.2) is 4.79 Å². The van der Waals surface area contributed by atoms with Gasteiger partial charge >= 0.3 is 6.03 Å². The van der Waals surface area contributed by atoms with Crippen LogP contribution in [0.25, 0.3) is 0 Å². The summed E-state index contributed by atoms with van der Waals surface area (Å²) in [6.07, 6.45) is 6.72. The fourth-order valence-electron chi connectivity index (χ4n) is 5.12. The Balaban J connectivity index is 1.38. The Morgan fingerprint density at radius 3 is 2.88 bits per heavy atom. The Kier molecular flexibility index (Phi) is 6.66. The molecule has 8 nitrogen and oxygen atoms in total. The van der Waals surface area contributed by atoms with Gasteiger partial charge in [0.25, 0.3) is 0 Å². The highest BCUT2D eigenvalue weighted by molar-refractivity contribution is 7.16. The molecule has 2 aromatic heterocycles. The maximum atomic E-state index is 13.3. The topological polar surface area (TPSA) is 118 Å². The summed E-state index contributed by atoms with van der Waals surface area (Å²) in [4.78, 5) is 35.1. The molecule has 1 aliphatic heterocycles. The van der Waals surface area contributed by atoms with Crippen LogP contribution in [0.3, 0.4) is 0 Å². The minimum Gasteiger partial charge on any atom is -0.396 e. The Hall–Kier alpha value is -2.65. The Labute approximate surface area is 193 Å². The maximum absolute atomic E-state index is 13.3. The number of pyridine rings is 1. The summed E-state index contributed by atoms with van der Waals surface area (Å²) in [5, 5.41) is 3.59. The highest BCUT2D eigenvalue weighted by atomic mass is 32.1. The fourth-order valence-corrected chi connectivity index (χ4v) is 6.19. The number of fused-ring (bicyclic) bond motifs is 2. The lowest BCUT2D eigenvalue weighted by atomic mass is 9.74. The van der Waals surface area contributed by atoms with E-state index in [1.807, 2.05) is 19.1 Å². The number of nitrogens with zero attached hydrogens (tertiary/aromatic N) is 3. The van der Waals surface area contributed by atoms with Crippen molar-refractivity contribution in [1.29, 1.82) is 0 Å². The van der Waals surface area contributed by atoms with Crippen LogP contribution in [-0.2, 0) is 24.1 Å². The Bertz CT molecular complexity index is 978. The molecule has 0 saturated carbocycles. The van der Waals surface area contributed by atoms with Gasteiger partial charge in [-0.1, -0.05) is 6.07 Å². The summed E-state index contributed by atoms with van der Waals surface area (Å²) in [6.45, 7) is 3.32. The second kappa shape index (κ2) is 9.46. The molecule has 0 unspecified atom stereocenters. The van der Waals surface area contributed by atoms with E-state index in [0.29, 0.717) is 48.7 Å². The number of likely N-dealkylation sites (N-methyl/N-ethyl adjacent to an activating group) is 1. The molecule has 5 N–H and O–H groups in total. The van der Waals surface area contributed by atoms with Crippen molar-refractivity contribution in [2.75, 3.05) is 38.1 Å². The maximum Gasteiger partial charge on any atom is 0.324 e. The number of likely N-dealkylation sites (tertiary alicyclic amines) is 1. The lowest BCUT2D eigenvalue weighted by Gasteiger charge is -2.45. The molecule has 0 spiro atoms. The van der Waals surface area contributed by atoms with Crippen molar-refractivity contribution in [3.05, 3.63) is 40.5 Å². The number of rotatable bonds is 5. The van der Waals surface area contributed by atoms with Gasteiger partial charge in [0.15, 0.2) is 0 Å². The number of hydrogen-bond acceptors (Lipinski definition) is 7. The number of amides is 3. The first-order valence-corrected chi connectivity index (χ1v) is 12.0. The second-order valence-electron chi connectivity index (χ2n) is 8.82. The van der Waals surface area contributed by atoms with Crippen LogP contribution in [0.4, 0.5) is 15.5 Å². The number of imide groups is 1. The molecule has 1 aliphatic carbocycles. The minimum atomic E-state index is -0.327. The highest BCUT2D eigenvalue weighted by Crippen LogP contribution is 2.44. The van der Waals surface area contributed by atoms with E-state index < -0.39 is 0 Å². The molecule has 32 heavy (non-hydrogen) atoms. The number of piperidine rings is 1. The third-order valence-electron chi connectivity index (χ3n) is 6.82. The van der Waals surface area contributed by atoms with Crippen molar-refractivity contribution in [1.82, 2.24) is 20.1 Å². The van der Waals surface area contributed by atoms with Gasteiger partial charge in [-0.2, -0.15) is 0 Å². The standard InChI is InChI=1S/C23H32N6O2S/c1-3-29(23(31)27-8-6-14-5-4-7-26-12-14)22(30)16-9-15-10-17-19(32-21(25)20(17)24)11-18(15)28(2)13-16/h4-5,7,12,15-16,18H,3,6,8-11,13,24-25H2,1-2H3,(H,27,31)/t15-,16-,18-/m1/s1. The number of anilines is 2. The van der Waals surface area contributed by atoms with E-state index in [9.17, 15) is 9.59 Å². The van der Waals surface area contributed by atoms with Gasteiger partial charge in [0.05, 0.1) is 11.6 Å². The average molecular weight is 457 g/mol. The van der Waals surface area contributed by atoms with E-state index >= 15 is 0 Å². The van der Waals surface area contributed by atoms with Gasteiger partial charge in [-0.15, -0.1) is 11.3 Å². The third-order valence-corrected chi connectivity index (χ3v) is 7.92. The number of carbonyl (C=O) groups is 2. The number of thiophene rings is 1. The van der Waals surface area contributed by atoms with Crippen molar-refractivity contribution in [2.45, 2.75) is 38.6 Å². The molecule has 1 saturated heterocycles. The van der Waals surface area contributed by atoms with Crippen LogP contribution in [0.1, 0.15) is 29.3 Å². The van der Waals surface area contributed by atoms with Crippen molar-refractivity contribution in [2.24, 2.45) is 11.8 Å². The van der Waals surface area contributed by atoms with Crippen molar-refractivity contribution < 1.29 is 9.59 Å². The minimum absolute atomic E-state index is 0.0970. The number of carbonyl (C=O) groups excluding carboxylic acids is 2. The number of aromatic nitrogens is 1. The predicted molar refractivity (Wildman–Crippen MR) is 127 cm³/mol. The van der Waals surface area contributed by atoms with E-state index in [1.165, 1.54) is 9.78 Å². The number of nitrogens with two attached hydrogens (primary N) is 2. The van der Waals surface area contributed by atoms with E-state index in [1.54, 1.807) is 23.7 Å². The quantitative estimate of drug-likeness (QED) is 0.635. The van der Waals surface area contributed by atoms with Crippen molar-refractivity contribution >= 4 is 34.0 Å². The largest absolute Gasteiger partial charge is 0.396 e. The van der Waals surface area contributed by atoms with Crippen molar-refractivity contribution in [3.63, 3.8) is 0 Å². The van der Waals surface area contributed by atoms with Crippen LogP contribution in [0.2, 0.25) is 0 Å². The highest BCUT2D eigenvalue weighted by Gasteiger charge is 2.42. The van der Waals surface area contributed by atoms with Gasteiger partial charge < -0.3 is 21.7 Å². The molecule has 3 atom stereocenters. The molecular formula is C23H32N6O2S. The first kappa shape index (κ1) is 22.5. The predicted octanol–water partition coefficient (Wildman–Crippen LogP) is 2.14. The van der Waals surface area contributed by atoms with Crippen LogP contribution in [-0.4, -0.2) is 59.4 Å². The summed E-state index contributed by atoms with van der Waals surface area (Å²) in [5.41, 5.74) is 15.2. The molecule has 0 aromatic carbocycles. The van der Waals surface area contributed by atoms with Gasteiger partial charge in [0.1, 0.15) is 5.00 Å². The van der Waals surface area contributed by atoms with Gasteiger partial charge in [0.2, 0.25) is 5.91 Å². The smallest absolute Gasteiger partial charge is 0.324 e. The monoisotopic (exact) mass is 456 g/mol. The first-order valence-electron chi connectivity index (χ1n) is 11.2. The summed E-state index contributed by atoms with van der Waals surface area (Å²) in [6, 6.07) is 3.90. The molecule has 4 rings (SSSR count). The molecule has 0 radical (unpaired) electrons. The lowest BCUT2D eigenvalue weighted by Crippen LogP contribution is -2.55. The number of nitrogen functional groups attached to an aromatic ring is 2. The lowest BCUT2D eigenvalue weighted by molar-refractivity contribution is -0.135. The van der Waals surface area contributed by atoms with E-state index in [4.69, 9.17) is 11.5 Å². The SMILES string of the molecule is CCN(C(=O)NCCc1cccnc1)C(=O)[C@@H]1C[C@@H]2Cc3c(sc(N)c3N)C[C@H]2N(C)C1. The summed E-state index contributed by atoms with van der Waals surface area (Å²) in [5.74, 6) is 0.0307. The van der Waals surface area contributed by atoms with E-state index in [0.717, 1.165) is 30.4 Å². The Morgan fingerprint density at radius 2 is 2.16 bits per heavy atom. The molecule has 0 bridgehead atoms. The summed E-state index contributed by atoms with van der Waals surface area (Å²) >= 11 is 1.59. The summed E-state index contributed by atoms with van der Waals surface area (Å²) in [7, 11) is 2.08. The average Bonchev–Trinajstić information content (AvgIpc) is 3.06. The first-order chi connectivity index (χ1) is 15.4. The summed E-state index contributed by atoms with van der Waals surface area (Å²) < 4.78 is 0. The third kappa shape index (κ3) is 4.45. The second-order valence-corrected chi connectivity index (χ2v) is 9.95. The zero-order chi connectivity index (χ0) is 22.8. The van der Waals surface area contributed by atoms with E-state index in [-0.39, 0.29) is 17.9 Å². The molecule has 172 valence electrons. The molecule has 2 aromatic rings. The number of nitrogens with one attached hydrogen (secondary N) is 1. The molecule has 3 heterocycles. The van der Waals surface area contributed by atoms with Crippen LogP contribution in [0.5, 0.6) is 0 Å². The zero-order valence-corrected chi connectivity index (χ0v) is 19.5. The normalized spacial score (nSPS) is 22.6. The number of urea groups is 1. The van der Waals surface area contributed by atoms with Gasteiger partial charge in [-0.3, -0.25) is 14.7 Å². The van der Waals surface area contributed by atoms with Crippen LogP contribution >= 0.6 is 11.3 Å². The molecule has 9 heteroatoms. The zero-order valence-electron chi connectivity index (χ0n) is 18.7. The van der Waals surface area contributed by atoms with E-state index in [2.05, 4.69) is 22.2 Å². The molecule has 2 aliphatic rings. The van der Waals surface area contributed by atoms with Gasteiger partial charge in [0, 0.05) is 42.9 Å². The van der Waals surface area contributed by atoms with Crippen LogP contribution < -0.4 is 16.8 Å².